The van der Waals surface area contributed by atoms with E-state index in [-0.39, 0.29) is 17.9 Å². The van der Waals surface area contributed by atoms with Crippen LogP contribution in [0.25, 0.3) is 0 Å². The Kier molecular flexibility index (Phi) is 8.40. The van der Waals surface area contributed by atoms with Crippen molar-refractivity contribution >= 4 is 11.9 Å². The third kappa shape index (κ3) is 8.68. The van der Waals surface area contributed by atoms with E-state index in [4.69, 9.17) is 0 Å². The van der Waals surface area contributed by atoms with E-state index in [1.807, 2.05) is 25.7 Å². The van der Waals surface area contributed by atoms with Crippen molar-refractivity contribution in [2.24, 2.45) is 0 Å². The van der Waals surface area contributed by atoms with Gasteiger partial charge in [0, 0.05) is 12.5 Å². The van der Waals surface area contributed by atoms with Crippen molar-refractivity contribution in [1.29, 1.82) is 0 Å². The van der Waals surface area contributed by atoms with Crippen LogP contribution in [0, 0.1) is 0 Å². The summed E-state index contributed by atoms with van der Waals surface area (Å²) >= 11 is 0. The molecule has 0 rings (SSSR count). The molecule has 1 amide bonds. The van der Waals surface area contributed by atoms with Gasteiger partial charge in [-0.15, -0.1) is 0 Å². The fraction of sp³-hybridized carbons (Fsp3) is 0.833. The van der Waals surface area contributed by atoms with Crippen LogP contribution in [0.3, 0.4) is 0 Å². The van der Waals surface area contributed by atoms with Gasteiger partial charge in [0.05, 0.1) is 13.7 Å². The number of hydrogen-bond donors (Lipinski definition) is 1. The molecule has 0 aromatic heterocycles. The highest BCUT2D eigenvalue weighted by Gasteiger charge is 2.10. The third-order valence-electron chi connectivity index (χ3n) is 2.35. The van der Waals surface area contributed by atoms with Gasteiger partial charge in [0.15, 0.2) is 0 Å². The van der Waals surface area contributed by atoms with Crippen LogP contribution in [-0.4, -0.2) is 49.6 Å². The van der Waals surface area contributed by atoms with Crippen molar-refractivity contribution in [3.05, 3.63) is 0 Å². The number of hydrogen-bond acceptors (Lipinski definition) is 4. The Labute approximate surface area is 103 Å². The second kappa shape index (κ2) is 8.98. The van der Waals surface area contributed by atoms with E-state index >= 15 is 0 Å². The van der Waals surface area contributed by atoms with Crippen LogP contribution < -0.4 is 5.32 Å². The van der Waals surface area contributed by atoms with Crippen molar-refractivity contribution in [2.75, 3.05) is 26.7 Å². The SMILES string of the molecule is CCN(CCCC(=O)OC)CC(=O)NC(C)C. The molecular weight excluding hydrogens is 220 g/mol. The summed E-state index contributed by atoms with van der Waals surface area (Å²) < 4.78 is 4.56. The minimum absolute atomic E-state index is 0.0277. The first-order valence-corrected chi connectivity index (χ1v) is 6.08. The molecule has 0 radical (unpaired) electrons. The molecule has 0 heterocycles. The van der Waals surface area contributed by atoms with Gasteiger partial charge in [0.1, 0.15) is 0 Å². The molecule has 5 heteroatoms. The highest BCUT2D eigenvalue weighted by atomic mass is 16.5. The Balaban J connectivity index is 3.83. The number of rotatable bonds is 8. The molecule has 0 aliphatic rings. The fourth-order valence-electron chi connectivity index (χ4n) is 1.47. The van der Waals surface area contributed by atoms with Crippen molar-refractivity contribution in [3.63, 3.8) is 0 Å². The Hall–Kier alpha value is -1.10. The van der Waals surface area contributed by atoms with Gasteiger partial charge >= 0.3 is 5.97 Å². The summed E-state index contributed by atoms with van der Waals surface area (Å²) in [6.07, 6.45) is 1.12. The van der Waals surface area contributed by atoms with Gasteiger partial charge in [0.2, 0.25) is 5.91 Å². The van der Waals surface area contributed by atoms with Crippen LogP contribution in [0.2, 0.25) is 0 Å². The number of carbonyl (C=O) groups excluding carboxylic acids is 2. The van der Waals surface area contributed by atoms with Crippen molar-refractivity contribution in [1.82, 2.24) is 10.2 Å². The fourth-order valence-corrected chi connectivity index (χ4v) is 1.47. The van der Waals surface area contributed by atoms with Crippen LogP contribution in [0.4, 0.5) is 0 Å². The van der Waals surface area contributed by atoms with Gasteiger partial charge in [0.25, 0.3) is 0 Å². The highest BCUT2D eigenvalue weighted by Crippen LogP contribution is 1.97. The first kappa shape index (κ1) is 15.9. The van der Waals surface area contributed by atoms with Crippen molar-refractivity contribution in [2.45, 2.75) is 39.7 Å². The largest absolute Gasteiger partial charge is 0.469 e. The predicted octanol–water partition coefficient (Wildman–Crippen LogP) is 0.786. The Bertz CT molecular complexity index is 242. The summed E-state index contributed by atoms with van der Waals surface area (Å²) in [5.74, 6) is -0.174. The number of ether oxygens (including phenoxy) is 1. The lowest BCUT2D eigenvalue weighted by Crippen LogP contribution is -2.40. The molecule has 5 nitrogen and oxygen atoms in total. The van der Waals surface area contributed by atoms with E-state index < -0.39 is 0 Å². The molecule has 0 bridgehead atoms. The van der Waals surface area contributed by atoms with Crippen molar-refractivity contribution < 1.29 is 14.3 Å². The summed E-state index contributed by atoms with van der Waals surface area (Å²) in [6.45, 7) is 7.79. The number of amides is 1. The molecule has 0 unspecified atom stereocenters. The molecule has 0 atom stereocenters. The molecule has 0 aromatic rings. The maximum absolute atomic E-state index is 11.5. The normalized spacial score (nSPS) is 10.7. The molecule has 0 fully saturated rings. The standard InChI is InChI=1S/C12H24N2O3/c1-5-14(8-6-7-12(16)17-4)9-11(15)13-10(2)3/h10H,5-9H2,1-4H3,(H,13,15). The molecule has 0 saturated heterocycles. The van der Waals surface area contributed by atoms with Gasteiger partial charge in [-0.2, -0.15) is 0 Å². The maximum atomic E-state index is 11.5. The van der Waals surface area contributed by atoms with E-state index in [2.05, 4.69) is 10.1 Å². The van der Waals surface area contributed by atoms with Gasteiger partial charge < -0.3 is 10.1 Å². The van der Waals surface area contributed by atoms with Crippen LogP contribution in [-0.2, 0) is 14.3 Å². The van der Waals surface area contributed by atoms with Crippen LogP contribution in [0.5, 0.6) is 0 Å². The molecule has 0 aromatic carbocycles. The summed E-state index contributed by atoms with van der Waals surface area (Å²) in [6, 6.07) is 0.163. The minimum atomic E-state index is -0.201. The zero-order valence-corrected chi connectivity index (χ0v) is 11.3. The monoisotopic (exact) mass is 244 g/mol. The van der Waals surface area contributed by atoms with E-state index in [0.29, 0.717) is 13.0 Å². The zero-order chi connectivity index (χ0) is 13.3. The lowest BCUT2D eigenvalue weighted by molar-refractivity contribution is -0.140. The summed E-state index contributed by atoms with van der Waals surface area (Å²) in [5.41, 5.74) is 0. The Morgan fingerprint density at radius 1 is 1.35 bits per heavy atom. The van der Waals surface area contributed by atoms with Gasteiger partial charge in [-0.05, 0) is 33.4 Å². The second-order valence-electron chi connectivity index (χ2n) is 4.27. The number of methoxy groups -OCH3 is 1. The number of nitrogens with zero attached hydrogens (tertiary/aromatic N) is 1. The highest BCUT2D eigenvalue weighted by molar-refractivity contribution is 5.78. The molecule has 0 aliphatic carbocycles. The lowest BCUT2D eigenvalue weighted by Gasteiger charge is -2.20. The molecule has 0 aliphatic heterocycles. The molecule has 0 saturated carbocycles. The first-order valence-electron chi connectivity index (χ1n) is 6.08. The van der Waals surface area contributed by atoms with Crippen molar-refractivity contribution in [3.8, 4) is 0 Å². The van der Waals surface area contributed by atoms with E-state index in [0.717, 1.165) is 19.5 Å². The quantitative estimate of drug-likeness (QED) is 0.641. The second-order valence-corrected chi connectivity index (χ2v) is 4.27. The first-order chi connectivity index (χ1) is 7.99. The predicted molar refractivity (Wildman–Crippen MR) is 66.6 cm³/mol. The molecular formula is C12H24N2O3. The molecule has 17 heavy (non-hydrogen) atoms. The summed E-state index contributed by atoms with van der Waals surface area (Å²) in [7, 11) is 1.38. The van der Waals surface area contributed by atoms with Crippen LogP contribution >= 0.6 is 0 Å². The van der Waals surface area contributed by atoms with E-state index in [9.17, 15) is 9.59 Å². The van der Waals surface area contributed by atoms with Gasteiger partial charge in [-0.25, -0.2) is 0 Å². The minimum Gasteiger partial charge on any atom is -0.469 e. The summed E-state index contributed by atoms with van der Waals surface area (Å²) in [5, 5.41) is 2.85. The van der Waals surface area contributed by atoms with Crippen LogP contribution in [0.15, 0.2) is 0 Å². The molecule has 0 spiro atoms. The molecule has 1 N–H and O–H groups in total. The molecule has 100 valence electrons. The van der Waals surface area contributed by atoms with E-state index in [1.165, 1.54) is 7.11 Å². The third-order valence-corrected chi connectivity index (χ3v) is 2.35. The Morgan fingerprint density at radius 3 is 2.47 bits per heavy atom. The maximum Gasteiger partial charge on any atom is 0.305 e. The summed E-state index contributed by atoms with van der Waals surface area (Å²) in [4.78, 5) is 24.5. The number of likely N-dealkylation sites (N-methyl/N-ethyl adjacent to an activating group) is 1. The number of esters is 1. The lowest BCUT2D eigenvalue weighted by atomic mass is 10.3. The number of nitrogens with one attached hydrogen (secondary N) is 1. The average molecular weight is 244 g/mol. The van der Waals surface area contributed by atoms with Gasteiger partial charge in [-0.3, -0.25) is 14.5 Å². The average Bonchev–Trinajstić information content (AvgIpc) is 2.26. The van der Waals surface area contributed by atoms with Gasteiger partial charge in [-0.1, -0.05) is 6.92 Å². The van der Waals surface area contributed by atoms with Crippen LogP contribution in [0.1, 0.15) is 33.6 Å². The van der Waals surface area contributed by atoms with E-state index in [1.54, 1.807) is 0 Å². The number of carbonyl (C=O) groups is 2. The topological polar surface area (TPSA) is 58.6 Å². The smallest absolute Gasteiger partial charge is 0.305 e. The zero-order valence-electron chi connectivity index (χ0n) is 11.3. The Morgan fingerprint density at radius 2 is 2.00 bits per heavy atom.